The van der Waals surface area contributed by atoms with Gasteiger partial charge in [-0.25, -0.2) is 8.42 Å². The number of carbonyl (C=O) groups is 1. The molecule has 1 aromatic heterocycles. The molecule has 0 atom stereocenters. The van der Waals surface area contributed by atoms with Gasteiger partial charge in [0.1, 0.15) is 10.6 Å². The maximum atomic E-state index is 12.6. The normalized spacial score (nSPS) is 15.7. The molecule has 0 unspecified atom stereocenters. The zero-order valence-corrected chi connectivity index (χ0v) is 15.5. The van der Waals surface area contributed by atoms with Crippen molar-refractivity contribution in [2.75, 3.05) is 31.6 Å². The molecule has 1 aliphatic rings. The van der Waals surface area contributed by atoms with E-state index in [1.807, 2.05) is 24.3 Å². The Labute approximate surface area is 153 Å². The fourth-order valence-electron chi connectivity index (χ4n) is 2.83. The third-order valence-corrected chi connectivity index (χ3v) is 6.14. The standard InChI is InChI=1S/C18H23N3O4S/c1-2-3-14-4-6-15(7-5-14)20-18(22)17-12-16(13-19-17)26(23,24)21-8-10-25-11-9-21/h4-7,12-13,19H,2-3,8-11H2,1H3,(H,20,22). The van der Waals surface area contributed by atoms with E-state index in [2.05, 4.69) is 17.2 Å². The number of ether oxygens (including phenoxy) is 1. The highest BCUT2D eigenvalue weighted by Gasteiger charge is 2.27. The Bertz CT molecular complexity index is 853. The second kappa shape index (κ2) is 8.03. The molecule has 3 rings (SSSR count). The molecule has 2 N–H and O–H groups in total. The van der Waals surface area contributed by atoms with Crippen molar-refractivity contribution in [3.8, 4) is 0 Å². The number of hydrogen-bond donors (Lipinski definition) is 2. The number of nitrogens with one attached hydrogen (secondary N) is 2. The Morgan fingerprint density at radius 2 is 1.92 bits per heavy atom. The van der Waals surface area contributed by atoms with E-state index in [4.69, 9.17) is 4.74 Å². The van der Waals surface area contributed by atoms with E-state index in [1.165, 1.54) is 22.1 Å². The number of H-pyrrole nitrogens is 1. The van der Waals surface area contributed by atoms with Crippen LogP contribution in [-0.2, 0) is 21.2 Å². The molecule has 1 aromatic carbocycles. The molecule has 1 aliphatic heterocycles. The van der Waals surface area contributed by atoms with E-state index in [1.54, 1.807) is 0 Å². The van der Waals surface area contributed by atoms with Crippen molar-refractivity contribution in [1.29, 1.82) is 0 Å². The average molecular weight is 377 g/mol. The second-order valence-corrected chi connectivity index (χ2v) is 8.10. The van der Waals surface area contributed by atoms with Gasteiger partial charge in [-0.15, -0.1) is 0 Å². The minimum Gasteiger partial charge on any atom is -0.379 e. The molecule has 1 saturated heterocycles. The summed E-state index contributed by atoms with van der Waals surface area (Å²) in [7, 11) is -3.62. The quantitative estimate of drug-likeness (QED) is 0.808. The van der Waals surface area contributed by atoms with Gasteiger partial charge in [0.25, 0.3) is 5.91 Å². The smallest absolute Gasteiger partial charge is 0.272 e. The minimum atomic E-state index is -3.62. The van der Waals surface area contributed by atoms with Crippen LogP contribution < -0.4 is 5.32 Å². The van der Waals surface area contributed by atoms with Gasteiger partial charge in [0.15, 0.2) is 0 Å². The summed E-state index contributed by atoms with van der Waals surface area (Å²) in [5, 5.41) is 2.77. The fraction of sp³-hybridized carbons (Fsp3) is 0.389. The predicted molar refractivity (Wildman–Crippen MR) is 98.8 cm³/mol. The zero-order valence-electron chi connectivity index (χ0n) is 14.7. The molecule has 0 spiro atoms. The monoisotopic (exact) mass is 377 g/mol. The van der Waals surface area contributed by atoms with Gasteiger partial charge >= 0.3 is 0 Å². The van der Waals surface area contributed by atoms with Crippen LogP contribution >= 0.6 is 0 Å². The molecule has 1 fully saturated rings. The van der Waals surface area contributed by atoms with E-state index < -0.39 is 10.0 Å². The number of nitrogens with zero attached hydrogens (tertiary/aromatic N) is 1. The van der Waals surface area contributed by atoms with Crippen LogP contribution in [0.5, 0.6) is 0 Å². The van der Waals surface area contributed by atoms with Gasteiger partial charge in [-0.05, 0) is 30.2 Å². The van der Waals surface area contributed by atoms with E-state index in [0.717, 1.165) is 12.8 Å². The van der Waals surface area contributed by atoms with E-state index in [0.29, 0.717) is 32.0 Å². The molecule has 0 bridgehead atoms. The van der Waals surface area contributed by atoms with Crippen LogP contribution in [0.15, 0.2) is 41.4 Å². The number of anilines is 1. The summed E-state index contributed by atoms with van der Waals surface area (Å²) in [4.78, 5) is 15.2. The topological polar surface area (TPSA) is 91.5 Å². The average Bonchev–Trinajstić information content (AvgIpc) is 3.15. The molecular weight excluding hydrogens is 354 g/mol. The lowest BCUT2D eigenvalue weighted by atomic mass is 10.1. The number of aromatic amines is 1. The molecule has 26 heavy (non-hydrogen) atoms. The Kier molecular flexibility index (Phi) is 5.75. The second-order valence-electron chi connectivity index (χ2n) is 6.17. The number of morpholine rings is 1. The molecule has 1 amide bonds. The van der Waals surface area contributed by atoms with E-state index >= 15 is 0 Å². The van der Waals surface area contributed by atoms with E-state index in [-0.39, 0.29) is 16.5 Å². The summed E-state index contributed by atoms with van der Waals surface area (Å²) in [5.74, 6) is -0.378. The molecule has 8 heteroatoms. The first-order valence-corrected chi connectivity index (χ1v) is 10.1. The summed E-state index contributed by atoms with van der Waals surface area (Å²) < 4.78 is 31.8. The molecule has 0 aliphatic carbocycles. The van der Waals surface area contributed by atoms with E-state index in [9.17, 15) is 13.2 Å². The van der Waals surface area contributed by atoms with Crippen LogP contribution in [0.4, 0.5) is 5.69 Å². The third-order valence-electron chi connectivity index (χ3n) is 4.26. The molecular formula is C18H23N3O4S. The largest absolute Gasteiger partial charge is 0.379 e. The van der Waals surface area contributed by atoms with Crippen molar-refractivity contribution >= 4 is 21.6 Å². The van der Waals surface area contributed by atoms with Crippen LogP contribution in [0.1, 0.15) is 29.4 Å². The first-order chi connectivity index (χ1) is 12.5. The van der Waals surface area contributed by atoms with Gasteiger partial charge in [0.2, 0.25) is 10.0 Å². The minimum absolute atomic E-state index is 0.0860. The maximum Gasteiger partial charge on any atom is 0.272 e. The third kappa shape index (κ3) is 4.14. The number of aromatic nitrogens is 1. The van der Waals surface area contributed by atoms with Crippen molar-refractivity contribution in [1.82, 2.24) is 9.29 Å². The summed E-state index contributed by atoms with van der Waals surface area (Å²) in [5.41, 5.74) is 2.08. The number of rotatable bonds is 6. The summed E-state index contributed by atoms with van der Waals surface area (Å²) in [6.07, 6.45) is 3.41. The number of sulfonamides is 1. The Balaban J connectivity index is 1.69. The van der Waals surface area contributed by atoms with Crippen molar-refractivity contribution in [2.45, 2.75) is 24.7 Å². The van der Waals surface area contributed by atoms with Crippen molar-refractivity contribution in [2.24, 2.45) is 0 Å². The van der Waals surface area contributed by atoms with Gasteiger partial charge in [-0.3, -0.25) is 4.79 Å². The zero-order chi connectivity index (χ0) is 18.6. The Morgan fingerprint density at radius 3 is 2.58 bits per heavy atom. The number of amides is 1. The number of benzene rings is 1. The Hall–Kier alpha value is -2.16. The number of carbonyl (C=O) groups excluding carboxylic acids is 1. The highest BCUT2D eigenvalue weighted by Crippen LogP contribution is 2.19. The lowest BCUT2D eigenvalue weighted by molar-refractivity contribution is 0.0730. The predicted octanol–water partition coefficient (Wildman–Crippen LogP) is 2.24. The molecule has 0 saturated carbocycles. The number of aryl methyl sites for hydroxylation is 1. The first-order valence-electron chi connectivity index (χ1n) is 8.67. The van der Waals surface area contributed by atoms with Gasteiger partial charge in [-0.2, -0.15) is 4.31 Å². The van der Waals surface area contributed by atoms with Crippen molar-refractivity contribution < 1.29 is 17.9 Å². The summed E-state index contributed by atoms with van der Waals surface area (Å²) in [6.45, 7) is 3.51. The lowest BCUT2D eigenvalue weighted by Gasteiger charge is -2.25. The SMILES string of the molecule is CCCc1ccc(NC(=O)c2cc(S(=O)(=O)N3CCOCC3)c[nH]2)cc1. The molecule has 2 heterocycles. The van der Waals surface area contributed by atoms with Crippen LogP contribution in [0.2, 0.25) is 0 Å². The summed E-state index contributed by atoms with van der Waals surface area (Å²) >= 11 is 0. The highest BCUT2D eigenvalue weighted by atomic mass is 32.2. The van der Waals surface area contributed by atoms with Gasteiger partial charge in [0.05, 0.1) is 13.2 Å². The van der Waals surface area contributed by atoms with Crippen molar-refractivity contribution in [3.63, 3.8) is 0 Å². The van der Waals surface area contributed by atoms with Crippen LogP contribution in [-0.4, -0.2) is 49.9 Å². The summed E-state index contributed by atoms with van der Waals surface area (Å²) in [6, 6.07) is 9.00. The Morgan fingerprint density at radius 1 is 1.23 bits per heavy atom. The fourth-order valence-corrected chi connectivity index (χ4v) is 4.23. The molecule has 140 valence electrons. The molecule has 0 radical (unpaired) electrons. The van der Waals surface area contributed by atoms with Gasteiger partial charge in [0, 0.05) is 25.0 Å². The number of hydrogen-bond acceptors (Lipinski definition) is 4. The lowest BCUT2D eigenvalue weighted by Crippen LogP contribution is -2.40. The van der Waals surface area contributed by atoms with Crippen LogP contribution in [0, 0.1) is 0 Å². The maximum absolute atomic E-state index is 12.6. The highest BCUT2D eigenvalue weighted by molar-refractivity contribution is 7.89. The van der Waals surface area contributed by atoms with Crippen LogP contribution in [0.25, 0.3) is 0 Å². The van der Waals surface area contributed by atoms with Gasteiger partial charge in [-0.1, -0.05) is 25.5 Å². The van der Waals surface area contributed by atoms with Crippen LogP contribution in [0.3, 0.4) is 0 Å². The molecule has 7 nitrogen and oxygen atoms in total. The molecule has 2 aromatic rings. The van der Waals surface area contributed by atoms with Crippen molar-refractivity contribution in [3.05, 3.63) is 47.8 Å². The van der Waals surface area contributed by atoms with Gasteiger partial charge < -0.3 is 15.0 Å². The first kappa shape index (κ1) is 18.6.